The van der Waals surface area contributed by atoms with Crippen molar-refractivity contribution in [2.75, 3.05) is 31.1 Å². The van der Waals surface area contributed by atoms with Crippen LogP contribution in [0.4, 0.5) is 5.69 Å². The number of hydrogen-bond donors (Lipinski definition) is 0. The monoisotopic (exact) mass is 372 g/mol. The number of carbonyl (C=O) groups excluding carboxylic acids is 2. The van der Waals surface area contributed by atoms with E-state index in [9.17, 15) is 14.4 Å². The smallest absolute Gasteiger partial charge is 0.360 e. The molecule has 1 aliphatic heterocycles. The highest BCUT2D eigenvalue weighted by Crippen LogP contribution is 2.32. The second kappa shape index (κ2) is 7.92. The Morgan fingerprint density at radius 3 is 2.67 bits per heavy atom. The number of aryl methyl sites for hydroxylation is 1. The van der Waals surface area contributed by atoms with E-state index in [2.05, 4.69) is 0 Å². The molecule has 0 unspecified atom stereocenters. The molecule has 0 saturated carbocycles. The maximum absolute atomic E-state index is 12.8. The third-order valence-corrected chi connectivity index (χ3v) is 4.85. The van der Waals surface area contributed by atoms with Crippen LogP contribution in [-0.2, 0) is 16.0 Å². The quantitative estimate of drug-likeness (QED) is 0.455. The SMILES string of the molecule is CCN(CC)CC(=O)N1CCCc2c1c(=O)oc1ccc(OC(C)=O)cc21. The Bertz CT molecular complexity index is 930. The molecule has 7 heteroatoms. The van der Waals surface area contributed by atoms with Gasteiger partial charge in [-0.15, -0.1) is 0 Å². The van der Waals surface area contributed by atoms with E-state index in [1.165, 1.54) is 6.92 Å². The van der Waals surface area contributed by atoms with Gasteiger partial charge in [-0.2, -0.15) is 0 Å². The van der Waals surface area contributed by atoms with E-state index in [4.69, 9.17) is 9.15 Å². The number of ether oxygens (including phenoxy) is 1. The van der Waals surface area contributed by atoms with Crippen molar-refractivity contribution in [2.24, 2.45) is 0 Å². The number of esters is 1. The fourth-order valence-electron chi connectivity index (χ4n) is 3.49. The molecule has 27 heavy (non-hydrogen) atoms. The molecule has 1 aromatic carbocycles. The molecule has 0 atom stereocenters. The Hall–Kier alpha value is -2.67. The third-order valence-electron chi connectivity index (χ3n) is 4.85. The van der Waals surface area contributed by atoms with Crippen LogP contribution in [0.25, 0.3) is 11.0 Å². The van der Waals surface area contributed by atoms with Gasteiger partial charge in [0, 0.05) is 18.9 Å². The van der Waals surface area contributed by atoms with Crippen molar-refractivity contribution in [3.8, 4) is 5.75 Å². The van der Waals surface area contributed by atoms with Gasteiger partial charge in [0.2, 0.25) is 5.91 Å². The molecule has 0 spiro atoms. The number of rotatable bonds is 5. The van der Waals surface area contributed by atoms with Gasteiger partial charge in [-0.25, -0.2) is 4.79 Å². The first-order chi connectivity index (χ1) is 12.9. The van der Waals surface area contributed by atoms with Crippen molar-refractivity contribution in [2.45, 2.75) is 33.6 Å². The minimum Gasteiger partial charge on any atom is -0.427 e. The molecule has 3 rings (SSSR count). The lowest BCUT2D eigenvalue weighted by molar-refractivity contribution is -0.131. The van der Waals surface area contributed by atoms with Gasteiger partial charge in [0.25, 0.3) is 0 Å². The summed E-state index contributed by atoms with van der Waals surface area (Å²) in [5.74, 6) is -0.142. The van der Waals surface area contributed by atoms with Crippen LogP contribution >= 0.6 is 0 Å². The van der Waals surface area contributed by atoms with Crippen LogP contribution in [0.5, 0.6) is 5.75 Å². The maximum atomic E-state index is 12.8. The van der Waals surface area contributed by atoms with E-state index in [-0.39, 0.29) is 12.5 Å². The Labute approximate surface area is 157 Å². The number of hydrogen-bond acceptors (Lipinski definition) is 6. The summed E-state index contributed by atoms with van der Waals surface area (Å²) in [6.45, 7) is 7.61. The molecule has 0 saturated heterocycles. The van der Waals surface area contributed by atoms with Gasteiger partial charge < -0.3 is 14.1 Å². The summed E-state index contributed by atoms with van der Waals surface area (Å²) in [5.41, 5.74) is 0.998. The molecule has 0 fully saturated rings. The van der Waals surface area contributed by atoms with Crippen LogP contribution in [0.2, 0.25) is 0 Å². The van der Waals surface area contributed by atoms with Crippen molar-refractivity contribution in [1.29, 1.82) is 0 Å². The van der Waals surface area contributed by atoms with E-state index in [1.54, 1.807) is 23.1 Å². The molecule has 0 bridgehead atoms. The molecule has 0 radical (unpaired) electrons. The number of fused-ring (bicyclic) bond motifs is 3. The normalized spacial score (nSPS) is 13.7. The zero-order chi connectivity index (χ0) is 19.6. The fraction of sp³-hybridized carbons (Fsp3) is 0.450. The topological polar surface area (TPSA) is 80.1 Å². The summed E-state index contributed by atoms with van der Waals surface area (Å²) < 4.78 is 10.6. The van der Waals surface area contributed by atoms with Crippen molar-refractivity contribution in [1.82, 2.24) is 4.90 Å². The van der Waals surface area contributed by atoms with Crippen molar-refractivity contribution in [3.05, 3.63) is 34.2 Å². The van der Waals surface area contributed by atoms with Crippen LogP contribution < -0.4 is 15.3 Å². The Morgan fingerprint density at radius 1 is 1.26 bits per heavy atom. The van der Waals surface area contributed by atoms with Crippen LogP contribution in [0.1, 0.15) is 32.8 Å². The minimum atomic E-state index is -0.509. The highest BCUT2D eigenvalue weighted by Gasteiger charge is 2.29. The molecular weight excluding hydrogens is 348 g/mol. The summed E-state index contributed by atoms with van der Waals surface area (Å²) in [6, 6.07) is 4.90. The number of likely N-dealkylation sites (N-methyl/N-ethyl adjacent to an activating group) is 1. The standard InChI is InChI=1S/C20H24N2O5/c1-4-21(5-2)12-18(24)22-10-6-7-15-16-11-14(26-13(3)23)8-9-17(16)27-20(25)19(15)22/h8-9,11H,4-7,10,12H2,1-3H3. The first-order valence-corrected chi connectivity index (χ1v) is 9.25. The lowest BCUT2D eigenvalue weighted by Crippen LogP contribution is -2.44. The van der Waals surface area contributed by atoms with E-state index in [0.717, 1.165) is 25.1 Å². The Kier molecular flexibility index (Phi) is 5.60. The number of carbonyl (C=O) groups is 2. The average Bonchev–Trinajstić information content (AvgIpc) is 2.65. The average molecular weight is 372 g/mol. The van der Waals surface area contributed by atoms with Crippen LogP contribution in [-0.4, -0.2) is 43.0 Å². The van der Waals surface area contributed by atoms with Gasteiger partial charge in [0.05, 0.1) is 6.54 Å². The van der Waals surface area contributed by atoms with Gasteiger partial charge >= 0.3 is 11.6 Å². The summed E-state index contributed by atoms with van der Waals surface area (Å²) in [7, 11) is 0. The van der Waals surface area contributed by atoms with Crippen LogP contribution in [0.15, 0.2) is 27.4 Å². The van der Waals surface area contributed by atoms with Crippen LogP contribution in [0, 0.1) is 0 Å². The second-order valence-electron chi connectivity index (χ2n) is 6.58. The summed E-state index contributed by atoms with van der Waals surface area (Å²) in [4.78, 5) is 40.2. The molecular formula is C20H24N2O5. The molecule has 1 amide bonds. The van der Waals surface area contributed by atoms with Crippen molar-refractivity contribution in [3.63, 3.8) is 0 Å². The Morgan fingerprint density at radius 2 is 2.00 bits per heavy atom. The predicted octanol–water partition coefficient (Wildman–Crippen LogP) is 2.34. The van der Waals surface area contributed by atoms with Gasteiger partial charge in [-0.05, 0) is 49.7 Å². The van der Waals surface area contributed by atoms with Crippen LogP contribution in [0.3, 0.4) is 0 Å². The third kappa shape index (κ3) is 3.88. The summed E-state index contributed by atoms with van der Waals surface area (Å²) in [6.07, 6.45) is 1.42. The van der Waals surface area contributed by atoms with E-state index < -0.39 is 11.6 Å². The zero-order valence-electron chi connectivity index (χ0n) is 15.9. The molecule has 1 aromatic heterocycles. The van der Waals surface area contributed by atoms with Gasteiger partial charge in [-0.3, -0.25) is 14.5 Å². The first kappa shape index (κ1) is 19.1. The maximum Gasteiger partial charge on any atom is 0.360 e. The van der Waals surface area contributed by atoms with E-state index in [0.29, 0.717) is 35.4 Å². The molecule has 0 aliphatic carbocycles. The minimum absolute atomic E-state index is 0.109. The Balaban J connectivity index is 2.06. The number of anilines is 1. The largest absolute Gasteiger partial charge is 0.427 e. The van der Waals surface area contributed by atoms with Crippen molar-refractivity contribution >= 4 is 28.5 Å². The summed E-state index contributed by atoms with van der Waals surface area (Å²) >= 11 is 0. The molecule has 2 heterocycles. The predicted molar refractivity (Wildman–Crippen MR) is 102 cm³/mol. The second-order valence-corrected chi connectivity index (χ2v) is 6.58. The molecule has 2 aromatic rings. The molecule has 7 nitrogen and oxygen atoms in total. The fourth-order valence-corrected chi connectivity index (χ4v) is 3.49. The number of amides is 1. The highest BCUT2D eigenvalue weighted by molar-refractivity contribution is 5.98. The van der Waals surface area contributed by atoms with Gasteiger partial charge in [0.15, 0.2) is 0 Å². The summed E-state index contributed by atoms with van der Waals surface area (Å²) in [5, 5.41) is 0.698. The van der Waals surface area contributed by atoms with E-state index >= 15 is 0 Å². The lowest BCUT2D eigenvalue weighted by Gasteiger charge is -2.30. The number of nitrogens with zero attached hydrogens (tertiary/aromatic N) is 2. The molecule has 0 N–H and O–H groups in total. The molecule has 144 valence electrons. The van der Waals surface area contributed by atoms with Crippen molar-refractivity contribution < 1.29 is 18.7 Å². The zero-order valence-corrected chi connectivity index (χ0v) is 15.9. The lowest BCUT2D eigenvalue weighted by atomic mass is 9.98. The van der Waals surface area contributed by atoms with Gasteiger partial charge in [0.1, 0.15) is 17.0 Å². The highest BCUT2D eigenvalue weighted by atomic mass is 16.5. The van der Waals surface area contributed by atoms with Gasteiger partial charge in [-0.1, -0.05) is 13.8 Å². The van der Waals surface area contributed by atoms with E-state index in [1.807, 2.05) is 18.7 Å². The molecule has 1 aliphatic rings. The number of benzene rings is 1. The first-order valence-electron chi connectivity index (χ1n) is 9.25.